The van der Waals surface area contributed by atoms with Gasteiger partial charge in [-0.15, -0.1) is 34.3 Å². The number of piperidine rings is 2. The van der Waals surface area contributed by atoms with Crippen molar-refractivity contribution in [2.24, 2.45) is 9.98 Å². The molecule has 2 aromatic carbocycles. The van der Waals surface area contributed by atoms with Crippen molar-refractivity contribution < 1.29 is 64.5 Å². The predicted octanol–water partition coefficient (Wildman–Crippen LogP) is 2.87. The summed E-state index contributed by atoms with van der Waals surface area (Å²) in [6, 6.07) is 14.5. The monoisotopic (exact) mass is 942 g/mol. The number of halogens is 1. The van der Waals surface area contributed by atoms with Gasteiger partial charge in [0.15, 0.2) is 0 Å². The molecule has 17 nitrogen and oxygen atoms in total. The minimum absolute atomic E-state index is 0. The SMILES string of the molecule is CCNC(=O)Nc1sc2ccccc2c1C(=O)N1CCC2(CC1)N=C(CCl)NC2=O.CCNC(=O)Nc1sc2ccccc2c1C(=O)N1CCC2(CC1)N=C(COC(C)C)NC2=O.[H-].[Na+]. The van der Waals surface area contributed by atoms with Crippen molar-refractivity contribution in [3.8, 4) is 0 Å². The number of thiophene rings is 2. The zero-order chi connectivity index (χ0) is 44.9. The number of anilines is 2. The van der Waals surface area contributed by atoms with Gasteiger partial charge in [-0.05, 0) is 65.5 Å². The fourth-order valence-electron chi connectivity index (χ4n) is 8.01. The number of hydrogen-bond acceptors (Lipinski definition) is 11. The van der Waals surface area contributed by atoms with E-state index in [0.29, 0.717) is 97.8 Å². The van der Waals surface area contributed by atoms with Gasteiger partial charge in [0.05, 0.1) is 23.1 Å². The second-order valence-corrected chi connectivity index (χ2v) is 18.1. The molecule has 6 heterocycles. The van der Waals surface area contributed by atoms with Gasteiger partial charge in [-0.3, -0.25) is 39.8 Å². The Morgan fingerprint density at radius 2 is 1.14 bits per heavy atom. The zero-order valence-electron chi connectivity index (χ0n) is 37.5. The molecule has 2 aromatic heterocycles. The molecular weight excluding hydrogens is 891 g/mol. The second kappa shape index (κ2) is 21.1. The molecule has 0 saturated carbocycles. The first-order chi connectivity index (χ1) is 30.3. The number of nitrogens with zero attached hydrogens (tertiary/aromatic N) is 4. The number of fused-ring (bicyclic) bond motifs is 2. The van der Waals surface area contributed by atoms with E-state index in [1.54, 1.807) is 9.80 Å². The summed E-state index contributed by atoms with van der Waals surface area (Å²) in [6.07, 6.45) is 1.80. The van der Waals surface area contributed by atoms with Gasteiger partial charge in [-0.2, -0.15) is 0 Å². The number of benzene rings is 2. The molecule has 0 radical (unpaired) electrons. The van der Waals surface area contributed by atoms with Gasteiger partial charge < -0.3 is 37.2 Å². The van der Waals surface area contributed by atoms with Crippen LogP contribution in [-0.2, 0) is 14.3 Å². The fourth-order valence-corrected chi connectivity index (χ4v) is 10.3. The number of likely N-dealkylation sites (tertiary alicyclic amines) is 2. The molecule has 4 aromatic rings. The van der Waals surface area contributed by atoms with Crippen molar-refractivity contribution in [2.45, 2.75) is 70.6 Å². The maximum Gasteiger partial charge on any atom is 1.00 e. The standard InChI is InChI=1S/C23H29N5O4S.C20H22ClN5O3S.Na.H/c1-4-24-22(31)26-19-18(15-7-5-6-8-16(15)33-19)20(29)28-11-9-23(10-12-28)21(30)25-17(27-23)13-32-14(2)3;1-2-22-19(29)24-16-15(12-5-3-4-6-13(12)30-16)17(27)26-9-7-20(8-10-26)18(28)23-14(11-21)25-20;;/h5-8,14H,4,9-13H2,1-3H3,(H2,24,26,31)(H,25,27,30);3-6H,2,7-11H2,1H3,(H2,22,24,29)(H,23,25,28);;/q;;+1;-1. The average Bonchev–Trinajstić information content (AvgIpc) is 4.00. The van der Waals surface area contributed by atoms with Gasteiger partial charge >= 0.3 is 41.6 Å². The molecular formula is C43H52ClN10NaO7S2. The van der Waals surface area contributed by atoms with Crippen molar-refractivity contribution in [2.75, 3.05) is 62.4 Å². The van der Waals surface area contributed by atoms with Crippen LogP contribution in [0.15, 0.2) is 58.5 Å². The number of carbonyl (C=O) groups excluding carboxylic acids is 6. The summed E-state index contributed by atoms with van der Waals surface area (Å²) in [4.78, 5) is 89.0. The zero-order valence-corrected chi connectivity index (χ0v) is 40.9. The van der Waals surface area contributed by atoms with E-state index in [0.717, 1.165) is 20.2 Å². The number of ether oxygens (including phenoxy) is 1. The number of rotatable bonds is 10. The molecule has 4 aliphatic rings. The van der Waals surface area contributed by atoms with Crippen LogP contribution in [0.2, 0.25) is 0 Å². The third-order valence-corrected chi connectivity index (χ3v) is 13.7. The molecule has 2 saturated heterocycles. The molecule has 8 amide bonds. The van der Waals surface area contributed by atoms with Crippen LogP contribution in [0.4, 0.5) is 19.6 Å². The fraction of sp³-hybridized carbons (Fsp3) is 0.442. The number of carbonyl (C=O) groups is 6. The van der Waals surface area contributed by atoms with E-state index in [1.165, 1.54) is 22.7 Å². The van der Waals surface area contributed by atoms with Gasteiger partial charge in [0.2, 0.25) is 0 Å². The predicted molar refractivity (Wildman–Crippen MR) is 249 cm³/mol. The van der Waals surface area contributed by atoms with Gasteiger partial charge in [0.1, 0.15) is 39.4 Å². The Morgan fingerprint density at radius 1 is 0.734 bits per heavy atom. The van der Waals surface area contributed by atoms with Crippen molar-refractivity contribution in [3.63, 3.8) is 0 Å². The largest absolute Gasteiger partial charge is 1.00 e. The Bertz CT molecular complexity index is 2500. The molecule has 8 rings (SSSR count). The number of alkyl halides is 1. The van der Waals surface area contributed by atoms with Crippen LogP contribution in [-0.4, -0.2) is 126 Å². The quantitative estimate of drug-likeness (QED) is 0.103. The molecule has 4 aliphatic heterocycles. The molecule has 6 N–H and O–H groups in total. The Balaban J connectivity index is 0.000000238. The first kappa shape index (κ1) is 48.8. The number of amidine groups is 2. The van der Waals surface area contributed by atoms with E-state index in [2.05, 4.69) is 41.9 Å². The number of amides is 8. The van der Waals surface area contributed by atoms with E-state index in [1.807, 2.05) is 76.2 Å². The summed E-state index contributed by atoms with van der Waals surface area (Å²) in [7, 11) is 0. The minimum Gasteiger partial charge on any atom is -1.00 e. The molecule has 336 valence electrons. The van der Waals surface area contributed by atoms with Crippen LogP contribution in [0.1, 0.15) is 75.5 Å². The maximum atomic E-state index is 13.6. The summed E-state index contributed by atoms with van der Waals surface area (Å²) >= 11 is 8.56. The molecule has 0 atom stereocenters. The third kappa shape index (κ3) is 10.4. The second-order valence-electron chi connectivity index (χ2n) is 15.7. The maximum absolute atomic E-state index is 13.6. The first-order valence-electron chi connectivity index (χ1n) is 21.0. The molecule has 0 unspecified atom stereocenters. The summed E-state index contributed by atoms with van der Waals surface area (Å²) in [5.74, 6) is 0.603. The normalized spacial score (nSPS) is 17.3. The van der Waals surface area contributed by atoms with Crippen molar-refractivity contribution in [3.05, 3.63) is 59.7 Å². The Kier molecular flexibility index (Phi) is 16.1. The van der Waals surface area contributed by atoms with E-state index in [4.69, 9.17) is 16.3 Å². The smallest absolute Gasteiger partial charge is 1.00 e. The molecule has 2 fully saturated rings. The molecule has 2 spiro atoms. The van der Waals surface area contributed by atoms with Gasteiger partial charge in [0.25, 0.3) is 23.6 Å². The molecule has 0 bridgehead atoms. The Morgan fingerprint density at radius 3 is 1.53 bits per heavy atom. The average molecular weight is 944 g/mol. The number of nitrogens with one attached hydrogen (secondary N) is 6. The van der Waals surface area contributed by atoms with Crippen LogP contribution in [0.3, 0.4) is 0 Å². The first-order valence-corrected chi connectivity index (χ1v) is 23.2. The van der Waals surface area contributed by atoms with Crippen LogP contribution in [0.5, 0.6) is 0 Å². The number of urea groups is 2. The van der Waals surface area contributed by atoms with Crippen molar-refractivity contribution >= 4 is 112 Å². The van der Waals surface area contributed by atoms with Crippen LogP contribution >= 0.6 is 34.3 Å². The van der Waals surface area contributed by atoms with Crippen LogP contribution in [0, 0.1) is 0 Å². The summed E-state index contributed by atoms with van der Waals surface area (Å²) < 4.78 is 7.42. The van der Waals surface area contributed by atoms with E-state index in [-0.39, 0.29) is 85.3 Å². The summed E-state index contributed by atoms with van der Waals surface area (Å²) in [5, 5.41) is 19.3. The van der Waals surface area contributed by atoms with E-state index >= 15 is 0 Å². The van der Waals surface area contributed by atoms with Gasteiger partial charge in [-0.25, -0.2) is 9.59 Å². The van der Waals surface area contributed by atoms with Crippen molar-refractivity contribution in [1.29, 1.82) is 0 Å². The number of aliphatic imine (C=N–C) groups is 2. The minimum atomic E-state index is -0.842. The summed E-state index contributed by atoms with van der Waals surface area (Å²) in [5.41, 5.74) is -0.702. The Labute approximate surface area is 407 Å². The third-order valence-electron chi connectivity index (χ3n) is 11.2. The van der Waals surface area contributed by atoms with Gasteiger partial charge in [0, 0.05) is 59.4 Å². The van der Waals surface area contributed by atoms with E-state index in [9.17, 15) is 28.8 Å². The Hall–Kier alpha value is -4.63. The van der Waals surface area contributed by atoms with Crippen molar-refractivity contribution in [1.82, 2.24) is 31.1 Å². The van der Waals surface area contributed by atoms with E-state index < -0.39 is 11.1 Å². The molecule has 0 aliphatic carbocycles. The molecule has 21 heteroatoms. The molecule has 64 heavy (non-hydrogen) atoms. The van der Waals surface area contributed by atoms with Gasteiger partial charge in [-0.1, -0.05) is 36.4 Å². The van der Waals surface area contributed by atoms with Crippen LogP contribution in [0.25, 0.3) is 20.2 Å². The summed E-state index contributed by atoms with van der Waals surface area (Å²) in [6.45, 7) is 10.4. The topological polar surface area (TPSA) is 215 Å². The van der Waals surface area contributed by atoms with Crippen LogP contribution < -0.4 is 61.5 Å². The number of hydrogen-bond donors (Lipinski definition) is 6.